The number of hydrogen-bond donors (Lipinski definition) is 1. The molecule has 36 heavy (non-hydrogen) atoms. The van der Waals surface area contributed by atoms with E-state index in [1.165, 1.54) is 16.0 Å². The standard InChI is InChI=1S/C29H33N3O4/c1-20-9-10-24(17-21(20)2)36-19-23(33)18-31-13-11-30(12-14-31)15-16-32-28(34)25-7-3-5-22-6-4-8-26(27(22)25)29(32)35/h3-10,17,23,33H,11-16,18-19H2,1-2H3. The van der Waals surface area contributed by atoms with Gasteiger partial charge < -0.3 is 9.84 Å². The summed E-state index contributed by atoms with van der Waals surface area (Å²) in [6.45, 7) is 9.24. The van der Waals surface area contributed by atoms with Crippen molar-refractivity contribution in [1.82, 2.24) is 14.7 Å². The largest absolute Gasteiger partial charge is 0.491 e. The molecular weight excluding hydrogens is 454 g/mol. The Morgan fingerprint density at radius 3 is 2.11 bits per heavy atom. The van der Waals surface area contributed by atoms with Crippen molar-refractivity contribution in [1.29, 1.82) is 0 Å². The molecule has 0 spiro atoms. The first-order valence-electron chi connectivity index (χ1n) is 12.6. The number of piperazine rings is 1. The van der Waals surface area contributed by atoms with E-state index >= 15 is 0 Å². The van der Waals surface area contributed by atoms with Crippen LogP contribution in [0.4, 0.5) is 0 Å². The number of ether oxygens (including phenoxy) is 1. The van der Waals surface area contributed by atoms with Crippen molar-refractivity contribution in [2.24, 2.45) is 0 Å². The van der Waals surface area contributed by atoms with Crippen LogP contribution in [0.1, 0.15) is 31.8 Å². The number of imide groups is 1. The van der Waals surface area contributed by atoms with Crippen molar-refractivity contribution in [2.75, 3.05) is 52.4 Å². The van der Waals surface area contributed by atoms with Gasteiger partial charge in [0.2, 0.25) is 0 Å². The van der Waals surface area contributed by atoms with Crippen molar-refractivity contribution in [2.45, 2.75) is 20.0 Å². The van der Waals surface area contributed by atoms with Gasteiger partial charge in [-0.15, -0.1) is 0 Å². The lowest BCUT2D eigenvalue weighted by Crippen LogP contribution is -2.51. The molecule has 7 heteroatoms. The number of benzene rings is 3. The second-order valence-electron chi connectivity index (χ2n) is 9.82. The van der Waals surface area contributed by atoms with Gasteiger partial charge in [-0.25, -0.2) is 0 Å². The summed E-state index contributed by atoms with van der Waals surface area (Å²) >= 11 is 0. The molecule has 2 aliphatic heterocycles. The fraction of sp³-hybridized carbons (Fsp3) is 0.379. The molecule has 2 heterocycles. The van der Waals surface area contributed by atoms with Gasteiger partial charge in [-0.05, 0) is 54.6 Å². The molecule has 2 amide bonds. The molecule has 1 unspecified atom stereocenters. The van der Waals surface area contributed by atoms with Gasteiger partial charge in [0, 0.05) is 62.3 Å². The highest BCUT2D eigenvalue weighted by Gasteiger charge is 2.33. The summed E-state index contributed by atoms with van der Waals surface area (Å²) in [5.41, 5.74) is 3.60. The summed E-state index contributed by atoms with van der Waals surface area (Å²) in [6, 6.07) is 17.2. The summed E-state index contributed by atoms with van der Waals surface area (Å²) in [6.07, 6.45) is -0.565. The van der Waals surface area contributed by atoms with Gasteiger partial charge >= 0.3 is 0 Å². The normalized spacial score (nSPS) is 17.6. The molecule has 0 aromatic heterocycles. The van der Waals surface area contributed by atoms with Crippen LogP contribution in [0, 0.1) is 13.8 Å². The summed E-state index contributed by atoms with van der Waals surface area (Å²) in [4.78, 5) is 32.1. The van der Waals surface area contributed by atoms with Crippen LogP contribution in [-0.4, -0.2) is 90.1 Å². The molecule has 0 aliphatic carbocycles. The van der Waals surface area contributed by atoms with Gasteiger partial charge in [0.25, 0.3) is 11.8 Å². The minimum atomic E-state index is -0.565. The van der Waals surface area contributed by atoms with Crippen LogP contribution in [0.3, 0.4) is 0 Å². The van der Waals surface area contributed by atoms with Gasteiger partial charge in [0.05, 0.1) is 0 Å². The molecule has 5 rings (SSSR count). The zero-order chi connectivity index (χ0) is 25.2. The smallest absolute Gasteiger partial charge is 0.261 e. The lowest BCUT2D eigenvalue weighted by atomic mass is 9.94. The lowest BCUT2D eigenvalue weighted by Gasteiger charge is -2.36. The van der Waals surface area contributed by atoms with E-state index in [1.807, 2.05) is 42.5 Å². The average Bonchev–Trinajstić information content (AvgIpc) is 2.88. The van der Waals surface area contributed by atoms with E-state index in [4.69, 9.17) is 4.74 Å². The van der Waals surface area contributed by atoms with Crippen LogP contribution in [0.25, 0.3) is 10.8 Å². The first-order valence-corrected chi connectivity index (χ1v) is 12.6. The number of carbonyl (C=O) groups is 2. The van der Waals surface area contributed by atoms with Crippen molar-refractivity contribution < 1.29 is 19.4 Å². The number of rotatable bonds is 8. The van der Waals surface area contributed by atoms with E-state index in [1.54, 1.807) is 12.1 Å². The molecule has 3 aromatic carbocycles. The molecule has 1 fully saturated rings. The van der Waals surface area contributed by atoms with Crippen molar-refractivity contribution in [3.8, 4) is 5.75 Å². The van der Waals surface area contributed by atoms with Crippen LogP contribution >= 0.6 is 0 Å². The Hall–Kier alpha value is -3.26. The quantitative estimate of drug-likeness (QED) is 0.493. The fourth-order valence-corrected chi connectivity index (χ4v) is 5.07. The Kier molecular flexibility index (Phi) is 7.05. The van der Waals surface area contributed by atoms with Crippen molar-refractivity contribution in [3.63, 3.8) is 0 Å². The highest BCUT2D eigenvalue weighted by atomic mass is 16.5. The van der Waals surface area contributed by atoms with Gasteiger partial charge in [-0.3, -0.25) is 24.3 Å². The molecule has 188 valence electrons. The molecule has 0 radical (unpaired) electrons. The van der Waals surface area contributed by atoms with E-state index in [0.717, 1.165) is 42.7 Å². The van der Waals surface area contributed by atoms with Crippen LogP contribution in [-0.2, 0) is 0 Å². The van der Waals surface area contributed by atoms with E-state index in [0.29, 0.717) is 30.8 Å². The Morgan fingerprint density at radius 2 is 1.47 bits per heavy atom. The SMILES string of the molecule is Cc1ccc(OCC(O)CN2CCN(CCN3C(=O)c4cccc5cccc(c45)C3=O)CC2)cc1C. The van der Waals surface area contributed by atoms with Crippen molar-refractivity contribution in [3.05, 3.63) is 76.9 Å². The summed E-state index contributed by atoms with van der Waals surface area (Å²) in [5, 5.41) is 12.1. The third kappa shape index (κ3) is 5.00. The molecule has 1 saturated heterocycles. The molecule has 0 bridgehead atoms. The number of aryl methyl sites for hydroxylation is 2. The first-order chi connectivity index (χ1) is 17.4. The minimum Gasteiger partial charge on any atom is -0.491 e. The maximum atomic E-state index is 13.1. The number of aliphatic hydroxyl groups is 1. The fourth-order valence-electron chi connectivity index (χ4n) is 5.07. The third-order valence-electron chi connectivity index (χ3n) is 7.35. The summed E-state index contributed by atoms with van der Waals surface area (Å²) in [7, 11) is 0. The molecular formula is C29H33N3O4. The molecule has 2 aliphatic rings. The van der Waals surface area contributed by atoms with Crippen LogP contribution in [0.15, 0.2) is 54.6 Å². The second kappa shape index (κ2) is 10.4. The second-order valence-corrected chi connectivity index (χ2v) is 9.82. The Bertz CT molecular complexity index is 1230. The molecule has 7 nitrogen and oxygen atoms in total. The van der Waals surface area contributed by atoms with Crippen LogP contribution in [0.5, 0.6) is 5.75 Å². The van der Waals surface area contributed by atoms with Gasteiger partial charge in [0.15, 0.2) is 0 Å². The maximum absolute atomic E-state index is 13.1. The predicted octanol–water partition coefficient (Wildman–Crippen LogP) is 3.11. The van der Waals surface area contributed by atoms with Crippen LogP contribution in [0.2, 0.25) is 0 Å². The molecule has 0 saturated carbocycles. The van der Waals surface area contributed by atoms with Gasteiger partial charge in [0.1, 0.15) is 18.5 Å². The average molecular weight is 488 g/mol. The maximum Gasteiger partial charge on any atom is 0.261 e. The number of carbonyl (C=O) groups excluding carboxylic acids is 2. The first kappa shape index (κ1) is 24.4. The zero-order valence-corrected chi connectivity index (χ0v) is 20.9. The van der Waals surface area contributed by atoms with E-state index in [9.17, 15) is 14.7 Å². The van der Waals surface area contributed by atoms with Gasteiger partial charge in [-0.1, -0.05) is 30.3 Å². The zero-order valence-electron chi connectivity index (χ0n) is 20.9. The monoisotopic (exact) mass is 487 g/mol. The van der Waals surface area contributed by atoms with Gasteiger partial charge in [-0.2, -0.15) is 0 Å². The number of amides is 2. The van der Waals surface area contributed by atoms with E-state index < -0.39 is 6.10 Å². The number of nitrogens with zero attached hydrogens (tertiary/aromatic N) is 3. The Labute approximate surface area is 211 Å². The van der Waals surface area contributed by atoms with E-state index in [-0.39, 0.29) is 18.4 Å². The molecule has 3 aromatic rings. The summed E-state index contributed by atoms with van der Waals surface area (Å²) < 4.78 is 5.78. The van der Waals surface area contributed by atoms with E-state index in [2.05, 4.69) is 23.6 Å². The lowest BCUT2D eigenvalue weighted by molar-refractivity contribution is 0.0416. The highest BCUT2D eigenvalue weighted by molar-refractivity contribution is 6.25. The topological polar surface area (TPSA) is 73.3 Å². The number of aliphatic hydroxyl groups excluding tert-OH is 1. The minimum absolute atomic E-state index is 0.213. The molecule has 1 N–H and O–H groups in total. The van der Waals surface area contributed by atoms with Crippen molar-refractivity contribution >= 4 is 22.6 Å². The Balaban J connectivity index is 1.09. The predicted molar refractivity (Wildman–Crippen MR) is 140 cm³/mol. The Morgan fingerprint density at radius 1 is 0.833 bits per heavy atom. The number of β-amino-alcohol motifs (C(OH)–C–C–N with tert-alkyl or cyclic N) is 1. The molecule has 1 atom stereocenters. The third-order valence-corrected chi connectivity index (χ3v) is 7.35. The highest BCUT2D eigenvalue weighted by Crippen LogP contribution is 2.29. The number of hydrogen-bond acceptors (Lipinski definition) is 6. The summed E-state index contributed by atoms with van der Waals surface area (Å²) in [5.74, 6) is 0.354. The van der Waals surface area contributed by atoms with Crippen LogP contribution < -0.4 is 4.74 Å².